The molecule has 9 heteroatoms. The van der Waals surface area contributed by atoms with Crippen molar-refractivity contribution in [2.45, 2.75) is 57.7 Å². The summed E-state index contributed by atoms with van der Waals surface area (Å²) >= 11 is 0. The lowest BCUT2D eigenvalue weighted by atomic mass is 10.1. The molecule has 0 bridgehead atoms. The fourth-order valence-corrected chi connectivity index (χ4v) is 3.09. The third-order valence-electron chi connectivity index (χ3n) is 4.98. The molecule has 0 fully saturated rings. The summed E-state index contributed by atoms with van der Waals surface area (Å²) in [6.07, 6.45) is -6.33. The molecule has 2 rings (SSSR count). The molecule has 1 amide bonds. The maximum Gasteiger partial charge on any atom is 0.416 e. The van der Waals surface area contributed by atoms with Gasteiger partial charge >= 0.3 is 6.18 Å². The quantitative estimate of drug-likeness (QED) is 0.265. The predicted octanol–water partition coefficient (Wildman–Crippen LogP) is 6.55. The van der Waals surface area contributed by atoms with Gasteiger partial charge in [0.05, 0.1) is 16.9 Å². The van der Waals surface area contributed by atoms with E-state index >= 15 is 0 Å². The number of hydrogen-bond donors (Lipinski definition) is 3. The summed E-state index contributed by atoms with van der Waals surface area (Å²) in [4.78, 5) is 12.1. The van der Waals surface area contributed by atoms with Crippen molar-refractivity contribution in [3.05, 3.63) is 53.6 Å². The van der Waals surface area contributed by atoms with Gasteiger partial charge < -0.3 is 16.0 Å². The molecule has 0 heterocycles. The standard InChI is InChI=1S/C23H28F5N3O/c1-3-4-5-6-18(24)21(25)22(32)31-19-12-11-17(13-20(19)29-2)30-14-15-7-9-16(10-8-15)23(26,27)28/h7-13,18,21,29-30H,3-6,14H2,1-2H3,(H,31,32)/t18-,21+/m0/s1. The average Bonchev–Trinajstić information content (AvgIpc) is 2.77. The highest BCUT2D eigenvalue weighted by atomic mass is 19.4. The zero-order valence-electron chi connectivity index (χ0n) is 18.0. The number of carbonyl (C=O) groups is 1. The smallest absolute Gasteiger partial charge is 0.386 e. The van der Waals surface area contributed by atoms with Gasteiger partial charge in [-0.1, -0.05) is 38.3 Å². The van der Waals surface area contributed by atoms with Gasteiger partial charge in [0.25, 0.3) is 5.91 Å². The van der Waals surface area contributed by atoms with Crippen LogP contribution in [0.3, 0.4) is 0 Å². The zero-order valence-corrected chi connectivity index (χ0v) is 18.0. The average molecular weight is 457 g/mol. The van der Waals surface area contributed by atoms with Crippen molar-refractivity contribution in [2.24, 2.45) is 0 Å². The minimum absolute atomic E-state index is 0.00583. The monoisotopic (exact) mass is 457 g/mol. The summed E-state index contributed by atoms with van der Waals surface area (Å²) in [5.74, 6) is -1.05. The summed E-state index contributed by atoms with van der Waals surface area (Å²) in [5, 5.41) is 8.36. The Hall–Kier alpha value is -2.84. The second kappa shape index (κ2) is 11.7. The van der Waals surface area contributed by atoms with E-state index in [9.17, 15) is 26.7 Å². The van der Waals surface area contributed by atoms with Crippen molar-refractivity contribution in [2.75, 3.05) is 23.0 Å². The Labute approximate surface area is 184 Å². The van der Waals surface area contributed by atoms with Crippen LogP contribution in [0.4, 0.5) is 39.0 Å². The van der Waals surface area contributed by atoms with E-state index in [-0.39, 0.29) is 13.0 Å². The van der Waals surface area contributed by atoms with Crippen molar-refractivity contribution in [1.29, 1.82) is 0 Å². The minimum Gasteiger partial charge on any atom is -0.386 e. The molecule has 2 atom stereocenters. The number of amides is 1. The van der Waals surface area contributed by atoms with Gasteiger partial charge in [-0.2, -0.15) is 13.2 Å². The molecular weight excluding hydrogens is 429 g/mol. The number of rotatable bonds is 11. The Morgan fingerprint density at radius 3 is 2.28 bits per heavy atom. The van der Waals surface area contributed by atoms with Gasteiger partial charge in [-0.05, 0) is 42.3 Å². The maximum atomic E-state index is 14.1. The Kier molecular flexibility index (Phi) is 9.28. The van der Waals surface area contributed by atoms with Gasteiger partial charge in [-0.15, -0.1) is 0 Å². The number of anilines is 3. The molecule has 0 saturated heterocycles. The van der Waals surface area contributed by atoms with Crippen molar-refractivity contribution in [3.63, 3.8) is 0 Å². The molecule has 0 radical (unpaired) electrons. The van der Waals surface area contributed by atoms with E-state index in [2.05, 4.69) is 16.0 Å². The van der Waals surface area contributed by atoms with Crippen LogP contribution in [0.2, 0.25) is 0 Å². The van der Waals surface area contributed by atoms with Crippen LogP contribution in [-0.4, -0.2) is 25.3 Å². The first-order chi connectivity index (χ1) is 15.2. The van der Waals surface area contributed by atoms with Gasteiger partial charge in [-0.3, -0.25) is 4.79 Å². The highest BCUT2D eigenvalue weighted by Crippen LogP contribution is 2.30. The largest absolute Gasteiger partial charge is 0.416 e. The van der Waals surface area contributed by atoms with E-state index in [1.165, 1.54) is 18.2 Å². The van der Waals surface area contributed by atoms with Crippen LogP contribution in [0.1, 0.15) is 43.7 Å². The van der Waals surface area contributed by atoms with Crippen molar-refractivity contribution in [3.8, 4) is 0 Å². The Morgan fingerprint density at radius 1 is 1.00 bits per heavy atom. The lowest BCUT2D eigenvalue weighted by molar-refractivity contribution is -0.137. The number of alkyl halides is 5. The van der Waals surface area contributed by atoms with Crippen LogP contribution in [0, 0.1) is 0 Å². The van der Waals surface area contributed by atoms with Gasteiger partial charge in [0.2, 0.25) is 6.17 Å². The SMILES string of the molecule is CCCCC[C@H](F)[C@@H](F)C(=O)Nc1ccc(NCc2ccc(C(F)(F)F)cc2)cc1NC. The molecule has 0 unspecified atom stereocenters. The molecule has 0 aliphatic heterocycles. The maximum absolute atomic E-state index is 14.1. The Balaban J connectivity index is 1.97. The Morgan fingerprint density at radius 2 is 1.69 bits per heavy atom. The molecular formula is C23H28F5N3O. The lowest BCUT2D eigenvalue weighted by Crippen LogP contribution is -2.32. The fraction of sp³-hybridized carbons (Fsp3) is 0.435. The first-order valence-corrected chi connectivity index (χ1v) is 10.5. The molecule has 4 nitrogen and oxygen atoms in total. The van der Waals surface area contributed by atoms with Crippen LogP contribution in [-0.2, 0) is 17.5 Å². The number of carbonyl (C=O) groups excluding carboxylic acids is 1. The summed E-state index contributed by atoms with van der Waals surface area (Å²) < 4.78 is 66.0. The van der Waals surface area contributed by atoms with E-state index in [0.717, 1.165) is 25.0 Å². The third-order valence-corrected chi connectivity index (χ3v) is 4.98. The molecule has 0 spiro atoms. The van der Waals surface area contributed by atoms with Crippen LogP contribution < -0.4 is 16.0 Å². The molecule has 0 aromatic heterocycles. The van der Waals surface area contributed by atoms with E-state index in [1.807, 2.05) is 6.92 Å². The summed E-state index contributed by atoms with van der Waals surface area (Å²) in [6.45, 7) is 2.23. The second-order valence-corrected chi connectivity index (χ2v) is 7.46. The summed E-state index contributed by atoms with van der Waals surface area (Å²) in [7, 11) is 1.61. The van der Waals surface area contributed by atoms with E-state index in [1.54, 1.807) is 19.2 Å². The van der Waals surface area contributed by atoms with Crippen molar-refractivity contribution >= 4 is 23.0 Å². The highest BCUT2D eigenvalue weighted by Gasteiger charge is 2.30. The lowest BCUT2D eigenvalue weighted by Gasteiger charge is -2.17. The van der Waals surface area contributed by atoms with Crippen LogP contribution in [0.5, 0.6) is 0 Å². The predicted molar refractivity (Wildman–Crippen MR) is 117 cm³/mol. The van der Waals surface area contributed by atoms with Crippen LogP contribution >= 0.6 is 0 Å². The van der Waals surface area contributed by atoms with Gasteiger partial charge in [-0.25, -0.2) is 8.78 Å². The number of hydrogen-bond acceptors (Lipinski definition) is 3. The van der Waals surface area contributed by atoms with Gasteiger partial charge in [0.1, 0.15) is 6.17 Å². The first-order valence-electron chi connectivity index (χ1n) is 10.5. The molecule has 0 aliphatic rings. The zero-order chi connectivity index (χ0) is 23.7. The minimum atomic E-state index is -4.38. The molecule has 0 saturated carbocycles. The number of halogens is 5. The van der Waals surface area contributed by atoms with Crippen LogP contribution in [0.15, 0.2) is 42.5 Å². The fourth-order valence-electron chi connectivity index (χ4n) is 3.09. The molecule has 2 aromatic carbocycles. The summed E-state index contributed by atoms with van der Waals surface area (Å²) in [5.41, 5.74) is 1.34. The highest BCUT2D eigenvalue weighted by molar-refractivity contribution is 5.97. The second-order valence-electron chi connectivity index (χ2n) is 7.46. The molecule has 32 heavy (non-hydrogen) atoms. The van der Waals surface area contributed by atoms with Crippen LogP contribution in [0.25, 0.3) is 0 Å². The van der Waals surface area contributed by atoms with E-state index in [0.29, 0.717) is 29.0 Å². The van der Waals surface area contributed by atoms with Gasteiger partial charge in [0.15, 0.2) is 0 Å². The van der Waals surface area contributed by atoms with E-state index < -0.39 is 30.0 Å². The molecule has 2 aromatic rings. The summed E-state index contributed by atoms with van der Waals surface area (Å²) in [6, 6.07) is 9.63. The van der Waals surface area contributed by atoms with E-state index in [4.69, 9.17) is 0 Å². The van der Waals surface area contributed by atoms with Crippen molar-refractivity contribution in [1.82, 2.24) is 0 Å². The molecule has 0 aliphatic carbocycles. The normalized spacial score (nSPS) is 13.3. The van der Waals surface area contributed by atoms with Crippen molar-refractivity contribution < 1.29 is 26.7 Å². The molecule has 176 valence electrons. The number of benzene rings is 2. The van der Waals surface area contributed by atoms with Gasteiger partial charge in [0, 0.05) is 19.3 Å². The third kappa shape index (κ3) is 7.39. The Bertz CT molecular complexity index is 871. The first kappa shape index (κ1) is 25.4. The number of unbranched alkanes of at least 4 members (excludes halogenated alkanes) is 2. The topological polar surface area (TPSA) is 53.2 Å². The number of nitrogens with one attached hydrogen (secondary N) is 3. The molecule has 3 N–H and O–H groups in total.